The van der Waals surface area contributed by atoms with Gasteiger partial charge >= 0.3 is 0 Å². The molecular formula is C15H14ClN5. The van der Waals surface area contributed by atoms with Crippen molar-refractivity contribution in [1.82, 2.24) is 19.7 Å². The number of halogens is 1. The minimum Gasteiger partial charge on any atom is -0.377 e. The van der Waals surface area contributed by atoms with Crippen LogP contribution < -0.4 is 5.32 Å². The molecule has 2 heterocycles. The Kier molecular flexibility index (Phi) is 3.83. The maximum absolute atomic E-state index is 6.11. The molecule has 0 radical (unpaired) electrons. The standard InChI is InChI=1S/C15H14ClN5/c1-11(12-4-6-17-7-5-12)20-14-8-13(16)2-3-15(14)21-10-18-9-19-21/h2-11,20H,1H3. The fourth-order valence-electron chi connectivity index (χ4n) is 2.12. The van der Waals surface area contributed by atoms with Crippen molar-refractivity contribution in [3.8, 4) is 5.69 Å². The van der Waals surface area contributed by atoms with E-state index in [1.54, 1.807) is 23.4 Å². The van der Waals surface area contributed by atoms with E-state index in [-0.39, 0.29) is 6.04 Å². The Morgan fingerprint density at radius 3 is 2.67 bits per heavy atom. The van der Waals surface area contributed by atoms with E-state index in [2.05, 4.69) is 27.3 Å². The summed E-state index contributed by atoms with van der Waals surface area (Å²) in [5.41, 5.74) is 2.95. The zero-order chi connectivity index (χ0) is 14.7. The summed E-state index contributed by atoms with van der Waals surface area (Å²) in [6, 6.07) is 9.72. The predicted molar refractivity (Wildman–Crippen MR) is 82.6 cm³/mol. The van der Waals surface area contributed by atoms with Gasteiger partial charge in [0.05, 0.1) is 11.4 Å². The van der Waals surface area contributed by atoms with Gasteiger partial charge in [0.1, 0.15) is 12.7 Å². The van der Waals surface area contributed by atoms with Gasteiger partial charge in [0.15, 0.2) is 0 Å². The number of pyridine rings is 1. The molecule has 0 saturated heterocycles. The molecule has 6 heteroatoms. The van der Waals surface area contributed by atoms with Gasteiger partial charge in [-0.05, 0) is 42.8 Å². The van der Waals surface area contributed by atoms with Crippen molar-refractivity contribution in [3.05, 3.63) is 66.0 Å². The van der Waals surface area contributed by atoms with E-state index in [1.807, 2.05) is 30.3 Å². The van der Waals surface area contributed by atoms with Crippen LogP contribution in [0.25, 0.3) is 5.69 Å². The number of hydrogen-bond donors (Lipinski definition) is 1. The summed E-state index contributed by atoms with van der Waals surface area (Å²) in [6.45, 7) is 2.08. The van der Waals surface area contributed by atoms with Crippen molar-refractivity contribution in [2.45, 2.75) is 13.0 Å². The molecule has 0 bridgehead atoms. The second-order valence-electron chi connectivity index (χ2n) is 4.65. The maximum Gasteiger partial charge on any atom is 0.138 e. The summed E-state index contributed by atoms with van der Waals surface area (Å²) in [5, 5.41) is 8.29. The molecule has 0 aliphatic rings. The highest BCUT2D eigenvalue weighted by molar-refractivity contribution is 6.31. The number of hydrogen-bond acceptors (Lipinski definition) is 4. The molecule has 1 N–H and O–H groups in total. The predicted octanol–water partition coefficient (Wildman–Crippen LogP) is 3.49. The first-order valence-corrected chi connectivity index (χ1v) is 6.93. The van der Waals surface area contributed by atoms with Crippen molar-refractivity contribution < 1.29 is 0 Å². The van der Waals surface area contributed by atoms with Gasteiger partial charge in [-0.3, -0.25) is 4.98 Å². The number of nitrogens with zero attached hydrogens (tertiary/aromatic N) is 4. The summed E-state index contributed by atoms with van der Waals surface area (Å²) >= 11 is 6.11. The van der Waals surface area contributed by atoms with E-state index >= 15 is 0 Å². The van der Waals surface area contributed by atoms with Gasteiger partial charge in [0, 0.05) is 23.5 Å². The average molecular weight is 300 g/mol. The second kappa shape index (κ2) is 5.93. The van der Waals surface area contributed by atoms with Crippen molar-refractivity contribution >= 4 is 17.3 Å². The van der Waals surface area contributed by atoms with Gasteiger partial charge in [-0.2, -0.15) is 5.10 Å². The third-order valence-corrected chi connectivity index (χ3v) is 3.44. The van der Waals surface area contributed by atoms with Gasteiger partial charge in [-0.15, -0.1) is 0 Å². The van der Waals surface area contributed by atoms with Gasteiger partial charge < -0.3 is 5.32 Å². The van der Waals surface area contributed by atoms with Gasteiger partial charge in [-0.25, -0.2) is 9.67 Å². The average Bonchev–Trinajstić information content (AvgIpc) is 3.02. The molecule has 0 saturated carbocycles. The summed E-state index contributed by atoms with van der Waals surface area (Å²) < 4.78 is 1.71. The van der Waals surface area contributed by atoms with E-state index in [1.165, 1.54) is 6.33 Å². The van der Waals surface area contributed by atoms with E-state index in [4.69, 9.17) is 11.6 Å². The summed E-state index contributed by atoms with van der Waals surface area (Å²) in [6.07, 6.45) is 6.73. The topological polar surface area (TPSA) is 55.6 Å². The van der Waals surface area contributed by atoms with E-state index in [0.717, 1.165) is 16.9 Å². The SMILES string of the molecule is CC(Nc1cc(Cl)ccc1-n1cncn1)c1ccncc1. The first-order chi connectivity index (χ1) is 10.2. The minimum atomic E-state index is 0.119. The Balaban J connectivity index is 1.93. The van der Waals surface area contributed by atoms with Gasteiger partial charge in [-0.1, -0.05) is 11.6 Å². The number of benzene rings is 1. The van der Waals surface area contributed by atoms with Crippen LogP contribution >= 0.6 is 11.6 Å². The smallest absolute Gasteiger partial charge is 0.138 e. The van der Waals surface area contributed by atoms with Crippen LogP contribution in [0.1, 0.15) is 18.5 Å². The molecule has 0 spiro atoms. The molecule has 0 fully saturated rings. The largest absolute Gasteiger partial charge is 0.377 e. The van der Waals surface area contributed by atoms with E-state index in [9.17, 15) is 0 Å². The lowest BCUT2D eigenvalue weighted by Gasteiger charge is -2.18. The van der Waals surface area contributed by atoms with Crippen LogP contribution in [0, 0.1) is 0 Å². The molecule has 3 aromatic rings. The van der Waals surface area contributed by atoms with Crippen LogP contribution in [0.15, 0.2) is 55.4 Å². The van der Waals surface area contributed by atoms with Crippen molar-refractivity contribution in [3.63, 3.8) is 0 Å². The third kappa shape index (κ3) is 3.03. The zero-order valence-electron chi connectivity index (χ0n) is 11.4. The summed E-state index contributed by atoms with van der Waals surface area (Å²) in [7, 11) is 0. The molecule has 1 aromatic carbocycles. The van der Waals surface area contributed by atoms with Crippen LogP contribution in [-0.4, -0.2) is 19.7 Å². The molecule has 0 amide bonds. The number of aromatic nitrogens is 4. The first kappa shape index (κ1) is 13.6. The Bertz CT molecular complexity index is 712. The number of nitrogens with one attached hydrogen (secondary N) is 1. The molecule has 1 atom stereocenters. The number of anilines is 1. The Morgan fingerprint density at radius 2 is 1.95 bits per heavy atom. The quantitative estimate of drug-likeness (QED) is 0.801. The monoisotopic (exact) mass is 299 g/mol. The number of rotatable bonds is 4. The van der Waals surface area contributed by atoms with Crippen LogP contribution in [0.2, 0.25) is 5.02 Å². The van der Waals surface area contributed by atoms with Crippen LogP contribution in [0.3, 0.4) is 0 Å². The summed E-state index contributed by atoms with van der Waals surface area (Å²) in [5.74, 6) is 0. The molecule has 2 aromatic heterocycles. The Morgan fingerprint density at radius 1 is 1.14 bits per heavy atom. The van der Waals surface area contributed by atoms with Crippen LogP contribution in [0.5, 0.6) is 0 Å². The molecule has 3 rings (SSSR count). The lowest BCUT2D eigenvalue weighted by molar-refractivity contribution is 0.851. The lowest BCUT2D eigenvalue weighted by Crippen LogP contribution is -2.09. The van der Waals surface area contributed by atoms with Crippen LogP contribution in [0.4, 0.5) is 5.69 Å². The molecule has 5 nitrogen and oxygen atoms in total. The van der Waals surface area contributed by atoms with Gasteiger partial charge in [0.2, 0.25) is 0 Å². The summed E-state index contributed by atoms with van der Waals surface area (Å²) in [4.78, 5) is 8.02. The normalized spacial score (nSPS) is 12.1. The zero-order valence-corrected chi connectivity index (χ0v) is 12.2. The Labute approximate surface area is 127 Å². The van der Waals surface area contributed by atoms with Crippen LogP contribution in [-0.2, 0) is 0 Å². The van der Waals surface area contributed by atoms with E-state index < -0.39 is 0 Å². The second-order valence-corrected chi connectivity index (χ2v) is 5.08. The molecule has 1 unspecified atom stereocenters. The third-order valence-electron chi connectivity index (χ3n) is 3.20. The van der Waals surface area contributed by atoms with Gasteiger partial charge in [0.25, 0.3) is 0 Å². The highest BCUT2D eigenvalue weighted by atomic mass is 35.5. The Hall–Kier alpha value is -2.40. The highest BCUT2D eigenvalue weighted by Gasteiger charge is 2.10. The molecule has 0 aliphatic heterocycles. The molecule has 0 aliphatic carbocycles. The van der Waals surface area contributed by atoms with Crippen molar-refractivity contribution in [2.75, 3.05) is 5.32 Å². The highest BCUT2D eigenvalue weighted by Crippen LogP contribution is 2.27. The van der Waals surface area contributed by atoms with E-state index in [0.29, 0.717) is 5.02 Å². The molecular weight excluding hydrogens is 286 g/mol. The first-order valence-electron chi connectivity index (χ1n) is 6.55. The lowest BCUT2D eigenvalue weighted by atomic mass is 10.1. The fraction of sp³-hybridized carbons (Fsp3) is 0.133. The minimum absolute atomic E-state index is 0.119. The molecule has 106 valence electrons. The molecule has 21 heavy (non-hydrogen) atoms. The maximum atomic E-state index is 6.11. The fourth-order valence-corrected chi connectivity index (χ4v) is 2.30. The van der Waals surface area contributed by atoms with Crippen molar-refractivity contribution in [1.29, 1.82) is 0 Å². The van der Waals surface area contributed by atoms with Crippen molar-refractivity contribution in [2.24, 2.45) is 0 Å².